The van der Waals surface area contributed by atoms with E-state index in [0.29, 0.717) is 5.11 Å². The van der Waals surface area contributed by atoms with E-state index in [9.17, 15) is 10.1 Å². The van der Waals surface area contributed by atoms with Crippen LogP contribution in [0.4, 0.5) is 17.1 Å². The normalized spacial score (nSPS) is 10.1. The molecule has 6 heteroatoms. The van der Waals surface area contributed by atoms with Crippen LogP contribution in [0.25, 0.3) is 0 Å². The Morgan fingerprint density at radius 3 is 2.50 bits per heavy atom. The predicted molar refractivity (Wildman–Crippen MR) is 93.5 cm³/mol. The molecular formula is C16H17N3O2S. The molecule has 2 rings (SSSR count). The number of rotatable bonds is 4. The van der Waals surface area contributed by atoms with Crippen LogP contribution >= 0.6 is 12.2 Å². The molecule has 0 bridgehead atoms. The number of hydrogen-bond acceptors (Lipinski definition) is 3. The Balaban J connectivity index is 2.11. The highest BCUT2D eigenvalue weighted by Crippen LogP contribution is 2.22. The Morgan fingerprint density at radius 1 is 1.18 bits per heavy atom. The maximum atomic E-state index is 10.7. The molecule has 2 aromatic carbocycles. The fourth-order valence-corrected chi connectivity index (χ4v) is 2.35. The zero-order valence-corrected chi connectivity index (χ0v) is 13.2. The molecule has 2 N–H and O–H groups in total. The smallest absolute Gasteiger partial charge is 0.269 e. The number of hydrogen-bond donors (Lipinski definition) is 2. The molecule has 22 heavy (non-hydrogen) atoms. The zero-order valence-electron chi connectivity index (χ0n) is 12.4. The summed E-state index contributed by atoms with van der Waals surface area (Å²) in [6.07, 6.45) is 0.905. The molecule has 114 valence electrons. The lowest BCUT2D eigenvalue weighted by molar-refractivity contribution is -0.384. The van der Waals surface area contributed by atoms with Crippen LogP contribution in [0.1, 0.15) is 18.1 Å². The van der Waals surface area contributed by atoms with Crippen LogP contribution < -0.4 is 10.6 Å². The third-order valence-electron chi connectivity index (χ3n) is 3.32. The van der Waals surface area contributed by atoms with E-state index in [0.717, 1.165) is 23.4 Å². The number of nitro benzene ring substituents is 1. The Kier molecular flexibility index (Phi) is 5.06. The molecule has 0 spiro atoms. The second-order valence-corrected chi connectivity index (χ2v) is 5.25. The number of anilines is 2. The first-order valence-corrected chi connectivity index (χ1v) is 7.33. The number of benzene rings is 2. The fourth-order valence-electron chi connectivity index (χ4n) is 2.13. The number of nitrogens with one attached hydrogen (secondary N) is 2. The van der Waals surface area contributed by atoms with Gasteiger partial charge in [0.1, 0.15) is 0 Å². The van der Waals surface area contributed by atoms with Gasteiger partial charge in [0, 0.05) is 23.5 Å². The number of nitro groups is 1. The summed E-state index contributed by atoms with van der Waals surface area (Å²) in [5.74, 6) is 0. The zero-order chi connectivity index (χ0) is 16.1. The topological polar surface area (TPSA) is 67.2 Å². The van der Waals surface area contributed by atoms with E-state index in [2.05, 4.69) is 17.6 Å². The third-order valence-corrected chi connectivity index (χ3v) is 3.52. The van der Waals surface area contributed by atoms with Crippen LogP contribution in [0.15, 0.2) is 42.5 Å². The van der Waals surface area contributed by atoms with Crippen LogP contribution in [0.5, 0.6) is 0 Å². The molecule has 0 aromatic heterocycles. The molecule has 0 heterocycles. The van der Waals surface area contributed by atoms with E-state index in [1.165, 1.54) is 17.7 Å². The second kappa shape index (κ2) is 7.00. The highest BCUT2D eigenvalue weighted by Gasteiger charge is 2.09. The summed E-state index contributed by atoms with van der Waals surface area (Å²) in [5.41, 5.74) is 3.71. The van der Waals surface area contributed by atoms with Crippen molar-refractivity contribution in [1.29, 1.82) is 0 Å². The minimum absolute atomic E-state index is 0.0678. The highest BCUT2D eigenvalue weighted by atomic mass is 32.1. The van der Waals surface area contributed by atoms with Crippen molar-refractivity contribution in [1.82, 2.24) is 0 Å². The quantitative estimate of drug-likeness (QED) is 0.501. The van der Waals surface area contributed by atoms with Crippen LogP contribution in [-0.4, -0.2) is 10.0 Å². The molecule has 0 unspecified atom stereocenters. The lowest BCUT2D eigenvalue weighted by Gasteiger charge is -2.14. The van der Waals surface area contributed by atoms with Gasteiger partial charge in [-0.2, -0.15) is 0 Å². The molecule has 0 fully saturated rings. The first kappa shape index (κ1) is 15.9. The Bertz CT molecular complexity index is 716. The minimum Gasteiger partial charge on any atom is -0.332 e. The average Bonchev–Trinajstić information content (AvgIpc) is 2.49. The standard InChI is InChI=1S/C16H17N3O2S/c1-3-12-6-4-5-7-15(12)18-16(22)17-14-9-8-13(19(20)21)10-11(14)2/h4-10H,3H2,1-2H3,(H2,17,18,22). The molecule has 0 saturated carbocycles. The van der Waals surface area contributed by atoms with Crippen molar-refractivity contribution in [2.24, 2.45) is 0 Å². The van der Waals surface area contributed by atoms with Gasteiger partial charge in [0.15, 0.2) is 5.11 Å². The Morgan fingerprint density at radius 2 is 1.86 bits per heavy atom. The van der Waals surface area contributed by atoms with Gasteiger partial charge in [0.25, 0.3) is 5.69 Å². The van der Waals surface area contributed by atoms with Crippen molar-refractivity contribution >= 4 is 34.4 Å². The average molecular weight is 315 g/mol. The molecule has 2 aromatic rings. The number of aryl methyl sites for hydroxylation is 2. The second-order valence-electron chi connectivity index (χ2n) is 4.85. The third kappa shape index (κ3) is 3.79. The van der Waals surface area contributed by atoms with Crippen LogP contribution in [0.3, 0.4) is 0 Å². The van der Waals surface area contributed by atoms with Gasteiger partial charge >= 0.3 is 0 Å². The predicted octanol–water partition coefficient (Wildman–Crippen LogP) is 4.27. The van der Waals surface area contributed by atoms with Gasteiger partial charge in [0.2, 0.25) is 0 Å². The van der Waals surface area contributed by atoms with E-state index >= 15 is 0 Å². The number of para-hydroxylation sites is 1. The van der Waals surface area contributed by atoms with Gasteiger partial charge in [-0.05, 0) is 48.8 Å². The number of nitrogens with zero attached hydrogens (tertiary/aromatic N) is 1. The molecular weight excluding hydrogens is 298 g/mol. The lowest BCUT2D eigenvalue weighted by atomic mass is 10.1. The molecule has 0 aliphatic heterocycles. The first-order valence-electron chi connectivity index (χ1n) is 6.92. The van der Waals surface area contributed by atoms with E-state index in [4.69, 9.17) is 12.2 Å². The molecule has 0 amide bonds. The van der Waals surface area contributed by atoms with Crippen molar-refractivity contribution in [3.63, 3.8) is 0 Å². The number of thiocarbonyl (C=S) groups is 1. The van der Waals surface area contributed by atoms with Gasteiger partial charge in [0.05, 0.1) is 4.92 Å². The lowest BCUT2D eigenvalue weighted by Crippen LogP contribution is -2.20. The molecule has 0 aliphatic rings. The van der Waals surface area contributed by atoms with Crippen molar-refractivity contribution in [2.45, 2.75) is 20.3 Å². The van der Waals surface area contributed by atoms with Gasteiger partial charge in [-0.1, -0.05) is 25.1 Å². The Labute approximate surface area is 134 Å². The van der Waals surface area contributed by atoms with Gasteiger partial charge in [-0.3, -0.25) is 10.1 Å². The first-order chi connectivity index (χ1) is 10.5. The summed E-state index contributed by atoms with van der Waals surface area (Å²) >= 11 is 5.31. The van der Waals surface area contributed by atoms with Crippen LogP contribution in [0, 0.1) is 17.0 Å². The van der Waals surface area contributed by atoms with Gasteiger partial charge in [-0.15, -0.1) is 0 Å². The van der Waals surface area contributed by atoms with Crippen molar-refractivity contribution in [3.05, 3.63) is 63.7 Å². The van der Waals surface area contributed by atoms with Crippen molar-refractivity contribution in [3.8, 4) is 0 Å². The van der Waals surface area contributed by atoms with Gasteiger partial charge in [-0.25, -0.2) is 0 Å². The SMILES string of the molecule is CCc1ccccc1NC(=S)Nc1ccc([N+](=O)[O-])cc1C. The Hall–Kier alpha value is -2.47. The maximum Gasteiger partial charge on any atom is 0.269 e. The number of non-ortho nitro benzene ring substituents is 1. The van der Waals surface area contributed by atoms with E-state index in [1.54, 1.807) is 13.0 Å². The van der Waals surface area contributed by atoms with Gasteiger partial charge < -0.3 is 10.6 Å². The van der Waals surface area contributed by atoms with Crippen LogP contribution in [0.2, 0.25) is 0 Å². The van der Waals surface area contributed by atoms with E-state index in [1.807, 2.05) is 24.3 Å². The minimum atomic E-state index is -0.412. The molecule has 5 nitrogen and oxygen atoms in total. The monoisotopic (exact) mass is 315 g/mol. The summed E-state index contributed by atoms with van der Waals surface area (Å²) in [4.78, 5) is 10.3. The highest BCUT2D eigenvalue weighted by molar-refractivity contribution is 7.80. The maximum absolute atomic E-state index is 10.7. The largest absolute Gasteiger partial charge is 0.332 e. The molecule has 0 atom stereocenters. The summed E-state index contributed by atoms with van der Waals surface area (Å²) in [6.45, 7) is 3.88. The van der Waals surface area contributed by atoms with E-state index in [-0.39, 0.29) is 5.69 Å². The molecule has 0 radical (unpaired) electrons. The molecule has 0 saturated heterocycles. The summed E-state index contributed by atoms with van der Waals surface area (Å²) in [5, 5.41) is 17.4. The van der Waals surface area contributed by atoms with E-state index < -0.39 is 4.92 Å². The fraction of sp³-hybridized carbons (Fsp3) is 0.188. The molecule has 0 aliphatic carbocycles. The van der Waals surface area contributed by atoms with Crippen molar-refractivity contribution in [2.75, 3.05) is 10.6 Å². The summed E-state index contributed by atoms with van der Waals surface area (Å²) in [6, 6.07) is 12.6. The van der Waals surface area contributed by atoms with Crippen LogP contribution in [-0.2, 0) is 6.42 Å². The summed E-state index contributed by atoms with van der Waals surface area (Å²) in [7, 11) is 0. The van der Waals surface area contributed by atoms with Crippen molar-refractivity contribution < 1.29 is 4.92 Å². The summed E-state index contributed by atoms with van der Waals surface area (Å²) < 4.78 is 0.